The first-order chi connectivity index (χ1) is 8.98. The number of carboxylic acids is 1. The van der Waals surface area contributed by atoms with Gasteiger partial charge in [-0.2, -0.15) is 0 Å². The van der Waals surface area contributed by atoms with Crippen LogP contribution >= 0.6 is 11.3 Å². The van der Waals surface area contributed by atoms with Crippen LogP contribution in [0.4, 0.5) is 5.69 Å². The zero-order valence-electron chi connectivity index (χ0n) is 9.74. The van der Waals surface area contributed by atoms with E-state index in [4.69, 9.17) is 5.11 Å². The van der Waals surface area contributed by atoms with E-state index in [1.165, 1.54) is 11.4 Å². The van der Waals surface area contributed by atoms with Gasteiger partial charge in [0.15, 0.2) is 0 Å². The fourth-order valence-corrected chi connectivity index (χ4v) is 3.51. The second kappa shape index (κ2) is 5.41. The normalized spacial score (nSPS) is 11.2. The molecule has 2 N–H and O–H groups in total. The summed E-state index contributed by atoms with van der Waals surface area (Å²) in [5.74, 6) is -1.34. The number of rotatable bonds is 5. The number of hydrogen-bond donors (Lipinski definition) is 2. The number of anilines is 1. The number of thiophene rings is 1. The average molecular weight is 297 g/mol. The van der Waals surface area contributed by atoms with Crippen LogP contribution in [0.15, 0.2) is 41.8 Å². The lowest BCUT2D eigenvalue weighted by Gasteiger charge is -2.07. The van der Waals surface area contributed by atoms with Crippen molar-refractivity contribution in [2.24, 2.45) is 0 Å². The summed E-state index contributed by atoms with van der Waals surface area (Å²) in [6.07, 6.45) is 0. The van der Waals surface area contributed by atoms with Crippen LogP contribution in [0.5, 0.6) is 0 Å². The third kappa shape index (κ3) is 3.55. The third-order valence-corrected chi connectivity index (χ3v) is 4.47. The van der Waals surface area contributed by atoms with Gasteiger partial charge in [-0.05, 0) is 17.0 Å². The highest BCUT2D eigenvalue weighted by atomic mass is 32.2. The molecule has 0 aliphatic heterocycles. The lowest BCUT2D eigenvalue weighted by atomic mass is 10.2. The van der Waals surface area contributed by atoms with E-state index in [0.717, 1.165) is 11.3 Å². The zero-order chi connectivity index (χ0) is 13.9. The molecule has 100 valence electrons. The monoisotopic (exact) mass is 297 g/mol. The Morgan fingerprint density at radius 1 is 1.21 bits per heavy atom. The van der Waals surface area contributed by atoms with Gasteiger partial charge in [-0.1, -0.05) is 30.3 Å². The molecule has 1 heterocycles. The molecule has 0 saturated heterocycles. The number of hydrogen-bond acceptors (Lipinski definition) is 4. The minimum atomic E-state index is -3.62. The molecule has 0 spiro atoms. The van der Waals surface area contributed by atoms with E-state index < -0.39 is 16.0 Å². The van der Waals surface area contributed by atoms with Crippen molar-refractivity contribution in [1.82, 2.24) is 0 Å². The van der Waals surface area contributed by atoms with Gasteiger partial charge in [-0.15, -0.1) is 11.3 Å². The molecule has 2 rings (SSSR count). The van der Waals surface area contributed by atoms with Crippen molar-refractivity contribution in [3.05, 3.63) is 52.2 Å². The molecule has 0 fully saturated rings. The van der Waals surface area contributed by atoms with Gasteiger partial charge >= 0.3 is 5.97 Å². The highest BCUT2D eigenvalue weighted by Gasteiger charge is 2.17. The van der Waals surface area contributed by atoms with Crippen molar-refractivity contribution in [2.45, 2.75) is 5.75 Å². The van der Waals surface area contributed by atoms with Crippen LogP contribution in [0.25, 0.3) is 0 Å². The lowest BCUT2D eigenvalue weighted by molar-refractivity contribution is 0.0703. The van der Waals surface area contributed by atoms with Gasteiger partial charge in [0.05, 0.1) is 11.4 Å². The van der Waals surface area contributed by atoms with Crippen LogP contribution in [0, 0.1) is 0 Å². The Morgan fingerprint density at radius 2 is 1.89 bits per heavy atom. The van der Waals surface area contributed by atoms with Crippen molar-refractivity contribution >= 4 is 33.0 Å². The van der Waals surface area contributed by atoms with E-state index in [1.807, 2.05) is 0 Å². The molecular weight excluding hydrogens is 286 g/mol. The van der Waals surface area contributed by atoms with Crippen LogP contribution in [0.1, 0.15) is 15.2 Å². The smallest absolute Gasteiger partial charge is 0.348 e. The van der Waals surface area contributed by atoms with Crippen LogP contribution in [0.3, 0.4) is 0 Å². The molecule has 0 amide bonds. The topological polar surface area (TPSA) is 83.5 Å². The highest BCUT2D eigenvalue weighted by Crippen LogP contribution is 2.23. The van der Waals surface area contributed by atoms with Gasteiger partial charge in [-0.25, -0.2) is 13.2 Å². The van der Waals surface area contributed by atoms with Gasteiger partial charge < -0.3 is 5.11 Å². The van der Waals surface area contributed by atoms with Crippen LogP contribution in [-0.2, 0) is 15.8 Å². The predicted octanol–water partition coefficient (Wildman–Crippen LogP) is 2.39. The third-order valence-electron chi connectivity index (χ3n) is 2.32. The van der Waals surface area contributed by atoms with Crippen molar-refractivity contribution in [2.75, 3.05) is 4.72 Å². The molecule has 0 atom stereocenters. The quantitative estimate of drug-likeness (QED) is 0.887. The Bertz CT molecular complexity index is 677. The minimum Gasteiger partial charge on any atom is -0.477 e. The van der Waals surface area contributed by atoms with E-state index in [2.05, 4.69) is 4.72 Å². The molecule has 7 heteroatoms. The summed E-state index contributed by atoms with van der Waals surface area (Å²) in [6.45, 7) is 0. The second-order valence-corrected chi connectivity index (χ2v) is 6.45. The summed E-state index contributed by atoms with van der Waals surface area (Å²) in [5.41, 5.74) is 0.746. The van der Waals surface area contributed by atoms with Gasteiger partial charge in [0, 0.05) is 0 Å². The largest absolute Gasteiger partial charge is 0.477 e. The van der Waals surface area contributed by atoms with Crippen LogP contribution in [0.2, 0.25) is 0 Å². The molecule has 0 saturated carbocycles. The Hall–Kier alpha value is -1.86. The summed E-state index contributed by atoms with van der Waals surface area (Å²) in [4.78, 5) is 10.9. The van der Waals surface area contributed by atoms with E-state index in [0.29, 0.717) is 5.56 Å². The molecule has 0 radical (unpaired) electrons. The van der Waals surface area contributed by atoms with E-state index in [1.54, 1.807) is 30.3 Å². The van der Waals surface area contributed by atoms with E-state index in [-0.39, 0.29) is 16.3 Å². The SMILES string of the molecule is O=C(O)c1sccc1NS(=O)(=O)Cc1ccccc1. The molecule has 0 aliphatic carbocycles. The molecule has 0 bridgehead atoms. The van der Waals surface area contributed by atoms with Gasteiger partial charge in [0.25, 0.3) is 0 Å². The van der Waals surface area contributed by atoms with Gasteiger partial charge in [0.1, 0.15) is 4.88 Å². The fraction of sp³-hybridized carbons (Fsp3) is 0.0833. The van der Waals surface area contributed by atoms with Gasteiger partial charge in [-0.3, -0.25) is 4.72 Å². The maximum atomic E-state index is 11.9. The molecule has 2 aromatic rings. The average Bonchev–Trinajstić information content (AvgIpc) is 2.77. The van der Waals surface area contributed by atoms with Crippen molar-refractivity contribution < 1.29 is 18.3 Å². The van der Waals surface area contributed by atoms with Crippen molar-refractivity contribution in [3.63, 3.8) is 0 Å². The number of nitrogens with one attached hydrogen (secondary N) is 1. The number of sulfonamides is 1. The first kappa shape index (κ1) is 13.6. The van der Waals surface area contributed by atoms with Crippen molar-refractivity contribution in [1.29, 1.82) is 0 Å². The Morgan fingerprint density at radius 3 is 2.53 bits per heavy atom. The van der Waals surface area contributed by atoms with Crippen LogP contribution < -0.4 is 4.72 Å². The number of benzene rings is 1. The fourth-order valence-electron chi connectivity index (χ4n) is 1.55. The standard InChI is InChI=1S/C12H11NO4S2/c14-12(15)11-10(6-7-18-11)13-19(16,17)8-9-4-2-1-3-5-9/h1-7,13H,8H2,(H,14,15). The summed E-state index contributed by atoms with van der Waals surface area (Å²) in [7, 11) is -3.62. The molecular formula is C12H11NO4S2. The van der Waals surface area contributed by atoms with Crippen molar-refractivity contribution in [3.8, 4) is 0 Å². The Balaban J connectivity index is 2.18. The Labute approximate surface area is 114 Å². The maximum Gasteiger partial charge on any atom is 0.348 e. The highest BCUT2D eigenvalue weighted by molar-refractivity contribution is 7.91. The molecule has 0 unspecified atom stereocenters. The predicted molar refractivity (Wildman–Crippen MR) is 74.0 cm³/mol. The molecule has 1 aromatic heterocycles. The number of carboxylic acid groups (broad SMARTS) is 1. The zero-order valence-corrected chi connectivity index (χ0v) is 11.4. The molecule has 0 aliphatic rings. The summed E-state index contributed by atoms with van der Waals surface area (Å²) in [6, 6.07) is 10.1. The second-order valence-electron chi connectivity index (χ2n) is 3.82. The van der Waals surface area contributed by atoms with E-state index >= 15 is 0 Å². The molecule has 1 aromatic carbocycles. The molecule has 5 nitrogen and oxygen atoms in total. The maximum absolute atomic E-state index is 11.9. The number of aromatic carboxylic acids is 1. The first-order valence-electron chi connectivity index (χ1n) is 5.33. The molecule has 19 heavy (non-hydrogen) atoms. The summed E-state index contributed by atoms with van der Waals surface area (Å²) < 4.78 is 26.2. The van der Waals surface area contributed by atoms with E-state index in [9.17, 15) is 13.2 Å². The van der Waals surface area contributed by atoms with Gasteiger partial charge in [0.2, 0.25) is 10.0 Å². The summed E-state index contributed by atoms with van der Waals surface area (Å²) in [5, 5.41) is 10.4. The minimum absolute atomic E-state index is 0.0170. The Kier molecular flexibility index (Phi) is 3.87. The first-order valence-corrected chi connectivity index (χ1v) is 7.86. The van der Waals surface area contributed by atoms with Crippen LogP contribution in [-0.4, -0.2) is 19.5 Å². The summed E-state index contributed by atoms with van der Waals surface area (Å²) >= 11 is 0.978. The number of carbonyl (C=O) groups is 1. The lowest BCUT2D eigenvalue weighted by Crippen LogP contribution is -2.16.